The molecule has 19 heavy (non-hydrogen) atoms. The van der Waals surface area contributed by atoms with Crippen molar-refractivity contribution < 1.29 is 14.3 Å². The number of nitrogens with zero attached hydrogens (tertiary/aromatic N) is 1. The molecule has 102 valence electrons. The highest BCUT2D eigenvalue weighted by Crippen LogP contribution is 2.09. The lowest BCUT2D eigenvalue weighted by atomic mass is 10.2. The summed E-state index contributed by atoms with van der Waals surface area (Å²) < 4.78 is 4.77. The molecule has 5 nitrogen and oxygen atoms in total. The predicted molar refractivity (Wildman–Crippen MR) is 73.3 cm³/mol. The predicted octanol–water partition coefficient (Wildman–Crippen LogP) is 2.40. The zero-order valence-electron chi connectivity index (χ0n) is 10.8. The number of halogens is 1. The average molecular weight is 283 g/mol. The molecule has 0 heterocycles. The van der Waals surface area contributed by atoms with Crippen LogP contribution in [0.4, 0.5) is 0 Å². The van der Waals surface area contributed by atoms with Gasteiger partial charge in [0.1, 0.15) is 0 Å². The van der Waals surface area contributed by atoms with E-state index in [1.54, 1.807) is 38.1 Å². The topological polar surface area (TPSA) is 67.8 Å². The van der Waals surface area contributed by atoms with Crippen LogP contribution in [0.3, 0.4) is 0 Å². The highest BCUT2D eigenvalue weighted by Gasteiger charge is 2.06. The first-order chi connectivity index (χ1) is 9.02. The minimum atomic E-state index is -0.371. The number of hydrogen-bond donors (Lipinski definition) is 1. The van der Waals surface area contributed by atoms with Gasteiger partial charge >= 0.3 is 5.97 Å². The second-order valence-corrected chi connectivity index (χ2v) is 4.21. The van der Waals surface area contributed by atoms with Crippen molar-refractivity contribution in [2.45, 2.75) is 20.3 Å². The van der Waals surface area contributed by atoms with Crippen molar-refractivity contribution in [3.05, 3.63) is 34.9 Å². The molecule has 1 aromatic carbocycles. The highest BCUT2D eigenvalue weighted by atomic mass is 35.5. The van der Waals surface area contributed by atoms with E-state index in [9.17, 15) is 9.59 Å². The minimum absolute atomic E-state index is 0.0503. The van der Waals surface area contributed by atoms with Crippen molar-refractivity contribution in [3.8, 4) is 0 Å². The largest absolute Gasteiger partial charge is 0.466 e. The molecule has 1 N–H and O–H groups in total. The van der Waals surface area contributed by atoms with Gasteiger partial charge in [-0.1, -0.05) is 11.6 Å². The van der Waals surface area contributed by atoms with E-state index in [0.29, 0.717) is 22.9 Å². The van der Waals surface area contributed by atoms with Gasteiger partial charge in [-0.05, 0) is 38.1 Å². The third kappa shape index (κ3) is 5.52. The van der Waals surface area contributed by atoms with E-state index in [1.807, 2.05) is 0 Å². The molecule has 0 unspecified atom stereocenters. The number of rotatable bonds is 5. The lowest BCUT2D eigenvalue weighted by molar-refractivity contribution is -0.141. The molecule has 0 saturated heterocycles. The number of carbonyl (C=O) groups excluding carboxylic acids is 2. The van der Waals surface area contributed by atoms with Crippen molar-refractivity contribution in [2.75, 3.05) is 6.61 Å². The first-order valence-electron chi connectivity index (χ1n) is 5.77. The zero-order valence-corrected chi connectivity index (χ0v) is 11.5. The maximum atomic E-state index is 11.7. The second kappa shape index (κ2) is 7.53. The summed E-state index contributed by atoms with van der Waals surface area (Å²) >= 11 is 5.72. The van der Waals surface area contributed by atoms with Crippen LogP contribution in [0, 0.1) is 0 Å². The van der Waals surface area contributed by atoms with Crippen LogP contribution in [0.15, 0.2) is 29.4 Å². The fourth-order valence-electron chi connectivity index (χ4n) is 1.27. The first-order valence-corrected chi connectivity index (χ1v) is 6.15. The third-order valence-corrected chi connectivity index (χ3v) is 2.41. The molecule has 0 fully saturated rings. The van der Waals surface area contributed by atoms with Crippen LogP contribution in [0.5, 0.6) is 0 Å². The van der Waals surface area contributed by atoms with Gasteiger partial charge in [0.15, 0.2) is 0 Å². The molecule has 1 rings (SSSR count). The van der Waals surface area contributed by atoms with E-state index >= 15 is 0 Å². The lowest BCUT2D eigenvalue weighted by Gasteiger charge is -2.03. The number of carbonyl (C=O) groups is 2. The van der Waals surface area contributed by atoms with Crippen molar-refractivity contribution in [2.24, 2.45) is 5.10 Å². The van der Waals surface area contributed by atoms with Crippen molar-refractivity contribution >= 4 is 29.2 Å². The Bertz CT molecular complexity index is 483. The van der Waals surface area contributed by atoms with Crippen molar-refractivity contribution in [1.82, 2.24) is 5.43 Å². The summed E-state index contributed by atoms with van der Waals surface area (Å²) in [5.74, 6) is -0.732. The quantitative estimate of drug-likeness (QED) is 0.512. The summed E-state index contributed by atoms with van der Waals surface area (Å²) in [6.45, 7) is 3.69. The lowest BCUT2D eigenvalue weighted by Crippen LogP contribution is -2.20. The molecule has 0 spiro atoms. The van der Waals surface area contributed by atoms with Crippen molar-refractivity contribution in [1.29, 1.82) is 0 Å². The van der Waals surface area contributed by atoms with Gasteiger partial charge in [-0.15, -0.1) is 0 Å². The molecule has 0 saturated carbocycles. The molecular formula is C13H15ClN2O3. The minimum Gasteiger partial charge on any atom is -0.466 e. The van der Waals surface area contributed by atoms with E-state index in [-0.39, 0.29) is 18.3 Å². The number of nitrogens with one attached hydrogen (secondary N) is 1. The Labute approximate surface area is 116 Å². The smallest absolute Gasteiger partial charge is 0.311 e. The summed E-state index contributed by atoms with van der Waals surface area (Å²) in [5.41, 5.74) is 3.28. The van der Waals surface area contributed by atoms with Gasteiger partial charge in [0.05, 0.1) is 13.0 Å². The molecule has 6 heteroatoms. The Morgan fingerprint density at radius 1 is 1.32 bits per heavy atom. The summed E-state index contributed by atoms with van der Waals surface area (Å²) in [6.07, 6.45) is 0.0503. The van der Waals surface area contributed by atoms with Gasteiger partial charge in [0.25, 0.3) is 5.91 Å². The van der Waals surface area contributed by atoms with Crippen LogP contribution >= 0.6 is 11.6 Å². The Morgan fingerprint density at radius 2 is 1.95 bits per heavy atom. The molecular weight excluding hydrogens is 268 g/mol. The maximum absolute atomic E-state index is 11.7. The van der Waals surface area contributed by atoms with Crippen molar-refractivity contribution in [3.63, 3.8) is 0 Å². The highest BCUT2D eigenvalue weighted by molar-refractivity contribution is 6.30. The maximum Gasteiger partial charge on any atom is 0.311 e. The van der Waals surface area contributed by atoms with Gasteiger partial charge in [-0.2, -0.15) is 5.10 Å². The van der Waals surface area contributed by atoms with E-state index in [0.717, 1.165) is 0 Å². The fourth-order valence-corrected chi connectivity index (χ4v) is 1.40. The number of benzene rings is 1. The van der Waals surface area contributed by atoms with Gasteiger partial charge in [0.2, 0.25) is 0 Å². The summed E-state index contributed by atoms with van der Waals surface area (Å²) in [6, 6.07) is 6.42. The number of esters is 1. The molecule has 0 aromatic heterocycles. The molecule has 0 radical (unpaired) electrons. The summed E-state index contributed by atoms with van der Waals surface area (Å²) in [5, 5.41) is 4.38. The van der Waals surface area contributed by atoms with Crippen LogP contribution in [-0.4, -0.2) is 24.2 Å². The summed E-state index contributed by atoms with van der Waals surface area (Å²) in [7, 11) is 0. The molecule has 0 aliphatic carbocycles. The molecule has 0 atom stereocenters. The van der Waals surface area contributed by atoms with Gasteiger partial charge in [-0.25, -0.2) is 5.43 Å². The Kier molecular flexibility index (Phi) is 6.02. The van der Waals surface area contributed by atoms with E-state index in [2.05, 4.69) is 10.5 Å². The van der Waals surface area contributed by atoms with Crippen LogP contribution in [-0.2, 0) is 9.53 Å². The number of hydrogen-bond acceptors (Lipinski definition) is 4. The monoisotopic (exact) mass is 282 g/mol. The standard InChI is InChI=1S/C13H15ClN2O3/c1-3-19-12(17)8-9(2)15-16-13(18)10-4-6-11(14)7-5-10/h4-7H,3,8H2,1-2H3,(H,16,18)/b15-9-. The van der Waals surface area contributed by atoms with E-state index in [1.165, 1.54) is 0 Å². The molecule has 1 amide bonds. The number of hydrazone groups is 1. The van der Waals surface area contributed by atoms with Crippen LogP contribution < -0.4 is 5.43 Å². The first kappa shape index (κ1) is 15.2. The van der Waals surface area contributed by atoms with Crippen LogP contribution in [0.1, 0.15) is 30.6 Å². The summed E-state index contributed by atoms with van der Waals surface area (Å²) in [4.78, 5) is 22.9. The van der Waals surface area contributed by atoms with Gasteiger partial charge in [-0.3, -0.25) is 9.59 Å². The van der Waals surface area contributed by atoms with Crippen LogP contribution in [0.25, 0.3) is 0 Å². The zero-order chi connectivity index (χ0) is 14.3. The molecule has 0 aliphatic heterocycles. The molecule has 0 aliphatic rings. The average Bonchev–Trinajstić information content (AvgIpc) is 2.37. The Balaban J connectivity index is 2.53. The SMILES string of the molecule is CCOC(=O)C/C(C)=N\NC(=O)c1ccc(Cl)cc1. The van der Waals surface area contributed by atoms with E-state index < -0.39 is 0 Å². The molecule has 0 bridgehead atoms. The second-order valence-electron chi connectivity index (χ2n) is 3.78. The van der Waals surface area contributed by atoms with E-state index in [4.69, 9.17) is 16.3 Å². The molecule has 1 aromatic rings. The number of amides is 1. The van der Waals surface area contributed by atoms with Crippen LogP contribution in [0.2, 0.25) is 5.02 Å². The Hall–Kier alpha value is -1.88. The van der Waals surface area contributed by atoms with Gasteiger partial charge < -0.3 is 4.74 Å². The van der Waals surface area contributed by atoms with Gasteiger partial charge in [0, 0.05) is 16.3 Å². The third-order valence-electron chi connectivity index (χ3n) is 2.16. The fraction of sp³-hybridized carbons (Fsp3) is 0.308. The Morgan fingerprint density at radius 3 is 2.53 bits per heavy atom. The normalized spacial score (nSPS) is 11.0. The number of ether oxygens (including phenoxy) is 1.